The van der Waals surface area contributed by atoms with E-state index in [1.165, 1.54) is 24.4 Å². The number of nitro groups is 1. The van der Waals surface area contributed by atoms with Crippen molar-refractivity contribution in [2.75, 3.05) is 18.4 Å². The highest BCUT2D eigenvalue weighted by Gasteiger charge is 2.30. The summed E-state index contributed by atoms with van der Waals surface area (Å²) in [5.41, 5.74) is 0.115. The molecule has 26 heavy (non-hydrogen) atoms. The maximum atomic E-state index is 12.6. The van der Waals surface area contributed by atoms with Crippen LogP contribution in [0.15, 0.2) is 42.6 Å². The molecule has 1 aliphatic rings. The van der Waals surface area contributed by atoms with Crippen molar-refractivity contribution in [3.05, 3.63) is 63.8 Å². The van der Waals surface area contributed by atoms with Gasteiger partial charge < -0.3 is 5.32 Å². The van der Waals surface area contributed by atoms with Crippen LogP contribution < -0.4 is 5.32 Å². The summed E-state index contributed by atoms with van der Waals surface area (Å²) in [6.07, 6.45) is -2.25. The Morgan fingerprint density at radius 2 is 1.96 bits per heavy atom. The van der Waals surface area contributed by atoms with Crippen LogP contribution in [-0.4, -0.2) is 33.9 Å². The van der Waals surface area contributed by atoms with Gasteiger partial charge in [0.05, 0.1) is 10.5 Å². The lowest BCUT2D eigenvalue weighted by Gasteiger charge is -2.17. The van der Waals surface area contributed by atoms with Gasteiger partial charge in [0.2, 0.25) is 0 Å². The molecule has 1 fully saturated rings. The summed E-state index contributed by atoms with van der Waals surface area (Å²) in [5, 5.41) is 13.9. The SMILES string of the molecule is O=[N+]([O-])c1ccc(NC2CCN(Cc3ccc(C(F)(F)F)cc3)C2)nc1. The van der Waals surface area contributed by atoms with Gasteiger partial charge in [0, 0.05) is 31.7 Å². The minimum Gasteiger partial charge on any atom is -0.366 e. The van der Waals surface area contributed by atoms with Crippen molar-refractivity contribution < 1.29 is 18.1 Å². The predicted octanol–water partition coefficient (Wildman–Crippen LogP) is 3.70. The fourth-order valence-electron chi connectivity index (χ4n) is 2.94. The van der Waals surface area contributed by atoms with Gasteiger partial charge in [-0.1, -0.05) is 12.1 Å². The third-order valence-corrected chi connectivity index (χ3v) is 4.27. The quantitative estimate of drug-likeness (QED) is 0.645. The highest BCUT2D eigenvalue weighted by Crippen LogP contribution is 2.29. The number of nitrogens with one attached hydrogen (secondary N) is 1. The van der Waals surface area contributed by atoms with E-state index in [2.05, 4.69) is 15.2 Å². The van der Waals surface area contributed by atoms with Crippen molar-refractivity contribution in [2.45, 2.75) is 25.2 Å². The first-order valence-electron chi connectivity index (χ1n) is 8.07. The van der Waals surface area contributed by atoms with E-state index in [9.17, 15) is 23.3 Å². The molecular weight excluding hydrogens is 349 g/mol. The van der Waals surface area contributed by atoms with E-state index in [1.807, 2.05) is 0 Å². The summed E-state index contributed by atoms with van der Waals surface area (Å²) < 4.78 is 37.8. The van der Waals surface area contributed by atoms with E-state index < -0.39 is 16.7 Å². The van der Waals surface area contributed by atoms with Gasteiger partial charge in [-0.15, -0.1) is 0 Å². The number of aromatic nitrogens is 1. The molecule has 0 amide bonds. The zero-order valence-corrected chi connectivity index (χ0v) is 13.7. The van der Waals surface area contributed by atoms with Gasteiger partial charge in [-0.05, 0) is 30.2 Å². The van der Waals surface area contributed by atoms with Gasteiger partial charge in [0.15, 0.2) is 0 Å². The smallest absolute Gasteiger partial charge is 0.366 e. The lowest BCUT2D eigenvalue weighted by Crippen LogP contribution is -2.26. The molecule has 3 rings (SSSR count). The standard InChI is InChI=1S/C17H17F3N4O2/c18-17(19,20)13-3-1-12(2-4-13)10-23-8-7-14(11-23)22-16-6-5-15(9-21-16)24(25)26/h1-6,9,14H,7-8,10-11H2,(H,21,22). The van der Waals surface area contributed by atoms with Crippen LogP contribution in [0.5, 0.6) is 0 Å². The lowest BCUT2D eigenvalue weighted by molar-refractivity contribution is -0.385. The molecule has 0 spiro atoms. The Labute approximate surface area is 147 Å². The number of likely N-dealkylation sites (tertiary alicyclic amines) is 1. The molecule has 1 unspecified atom stereocenters. The summed E-state index contributed by atoms with van der Waals surface area (Å²) in [6, 6.07) is 8.30. The van der Waals surface area contributed by atoms with Crippen molar-refractivity contribution in [3.63, 3.8) is 0 Å². The zero-order valence-electron chi connectivity index (χ0n) is 13.7. The van der Waals surface area contributed by atoms with E-state index in [4.69, 9.17) is 0 Å². The maximum Gasteiger partial charge on any atom is 0.416 e. The second-order valence-corrected chi connectivity index (χ2v) is 6.22. The summed E-state index contributed by atoms with van der Waals surface area (Å²) in [7, 11) is 0. The molecule has 2 heterocycles. The van der Waals surface area contributed by atoms with Crippen molar-refractivity contribution in [3.8, 4) is 0 Å². The molecule has 1 saturated heterocycles. The third kappa shape index (κ3) is 4.48. The Hall–Kier alpha value is -2.68. The van der Waals surface area contributed by atoms with Crippen LogP contribution in [-0.2, 0) is 12.7 Å². The molecule has 1 aliphatic heterocycles. The second kappa shape index (κ2) is 7.28. The minimum absolute atomic E-state index is 0.0640. The summed E-state index contributed by atoms with van der Waals surface area (Å²) in [6.45, 7) is 2.11. The van der Waals surface area contributed by atoms with E-state index in [0.717, 1.165) is 37.2 Å². The van der Waals surface area contributed by atoms with Gasteiger partial charge in [-0.25, -0.2) is 4.98 Å². The normalized spacial score (nSPS) is 18.0. The molecule has 138 valence electrons. The minimum atomic E-state index is -4.32. The lowest BCUT2D eigenvalue weighted by atomic mass is 10.1. The van der Waals surface area contributed by atoms with Crippen LogP contribution >= 0.6 is 0 Å². The monoisotopic (exact) mass is 366 g/mol. The summed E-state index contributed by atoms with van der Waals surface area (Å²) in [4.78, 5) is 16.3. The number of anilines is 1. The Morgan fingerprint density at radius 3 is 2.54 bits per heavy atom. The number of rotatable bonds is 5. The third-order valence-electron chi connectivity index (χ3n) is 4.27. The fourth-order valence-corrected chi connectivity index (χ4v) is 2.94. The van der Waals surface area contributed by atoms with Gasteiger partial charge in [0.25, 0.3) is 5.69 Å². The maximum absolute atomic E-state index is 12.6. The highest BCUT2D eigenvalue weighted by atomic mass is 19.4. The van der Waals surface area contributed by atoms with Gasteiger partial charge in [-0.3, -0.25) is 15.0 Å². The first-order chi connectivity index (χ1) is 12.3. The second-order valence-electron chi connectivity index (χ2n) is 6.22. The van der Waals surface area contributed by atoms with Crippen molar-refractivity contribution in [1.82, 2.24) is 9.88 Å². The Balaban J connectivity index is 1.53. The number of alkyl halides is 3. The van der Waals surface area contributed by atoms with E-state index in [1.54, 1.807) is 6.07 Å². The molecule has 9 heteroatoms. The zero-order chi connectivity index (χ0) is 18.7. The molecule has 2 aromatic rings. The molecule has 0 aliphatic carbocycles. The Morgan fingerprint density at radius 1 is 1.23 bits per heavy atom. The number of benzene rings is 1. The summed E-state index contributed by atoms with van der Waals surface area (Å²) >= 11 is 0. The Kier molecular flexibility index (Phi) is 5.08. The molecule has 6 nitrogen and oxygen atoms in total. The highest BCUT2D eigenvalue weighted by molar-refractivity contribution is 5.41. The average Bonchev–Trinajstić information content (AvgIpc) is 3.02. The number of hydrogen-bond acceptors (Lipinski definition) is 5. The number of halogens is 3. The van der Waals surface area contributed by atoms with Crippen LogP contribution in [0.2, 0.25) is 0 Å². The number of nitrogens with zero attached hydrogens (tertiary/aromatic N) is 3. The number of pyridine rings is 1. The average molecular weight is 366 g/mol. The Bertz CT molecular complexity index is 763. The molecule has 0 radical (unpaired) electrons. The van der Waals surface area contributed by atoms with E-state index in [0.29, 0.717) is 12.4 Å². The van der Waals surface area contributed by atoms with Crippen LogP contribution in [0.3, 0.4) is 0 Å². The van der Waals surface area contributed by atoms with Crippen LogP contribution in [0, 0.1) is 10.1 Å². The van der Waals surface area contributed by atoms with Crippen molar-refractivity contribution in [1.29, 1.82) is 0 Å². The topological polar surface area (TPSA) is 71.3 Å². The molecule has 1 aromatic carbocycles. The number of hydrogen-bond donors (Lipinski definition) is 1. The molecule has 1 aromatic heterocycles. The van der Waals surface area contributed by atoms with Gasteiger partial charge >= 0.3 is 6.18 Å². The van der Waals surface area contributed by atoms with Gasteiger partial charge in [0.1, 0.15) is 12.0 Å². The van der Waals surface area contributed by atoms with Crippen LogP contribution in [0.1, 0.15) is 17.5 Å². The largest absolute Gasteiger partial charge is 0.416 e. The van der Waals surface area contributed by atoms with Crippen LogP contribution in [0.4, 0.5) is 24.7 Å². The molecular formula is C17H17F3N4O2. The molecule has 1 atom stereocenters. The molecule has 0 saturated carbocycles. The summed E-state index contributed by atoms with van der Waals surface area (Å²) in [5.74, 6) is 0.567. The van der Waals surface area contributed by atoms with Gasteiger partial charge in [-0.2, -0.15) is 13.2 Å². The van der Waals surface area contributed by atoms with Crippen LogP contribution in [0.25, 0.3) is 0 Å². The van der Waals surface area contributed by atoms with Crippen molar-refractivity contribution in [2.24, 2.45) is 0 Å². The fraction of sp³-hybridized carbons (Fsp3) is 0.353. The first kappa shape index (κ1) is 18.1. The van der Waals surface area contributed by atoms with E-state index >= 15 is 0 Å². The molecule has 1 N–H and O–H groups in total. The first-order valence-corrected chi connectivity index (χ1v) is 8.07. The molecule has 0 bridgehead atoms. The predicted molar refractivity (Wildman–Crippen MR) is 89.6 cm³/mol. The van der Waals surface area contributed by atoms with E-state index in [-0.39, 0.29) is 11.7 Å². The van der Waals surface area contributed by atoms with Crippen molar-refractivity contribution >= 4 is 11.5 Å².